The van der Waals surface area contributed by atoms with Gasteiger partial charge in [-0.15, -0.1) is 0 Å². The van der Waals surface area contributed by atoms with Crippen LogP contribution in [0.4, 0.5) is 10.2 Å². The van der Waals surface area contributed by atoms with E-state index in [1.54, 1.807) is 12.1 Å². The molecule has 1 aromatic carbocycles. The molecule has 130 valence electrons. The number of anilines is 1. The van der Waals surface area contributed by atoms with Crippen molar-refractivity contribution in [2.45, 2.75) is 4.90 Å². The Morgan fingerprint density at radius 2 is 1.88 bits per heavy atom. The Morgan fingerprint density at radius 1 is 1.16 bits per heavy atom. The third-order valence-electron chi connectivity index (χ3n) is 3.97. The molecule has 0 atom stereocenters. The van der Waals surface area contributed by atoms with Crippen molar-refractivity contribution in [3.05, 3.63) is 52.9 Å². The van der Waals surface area contributed by atoms with Gasteiger partial charge in [-0.05, 0) is 30.3 Å². The molecule has 6 nitrogen and oxygen atoms in total. The Morgan fingerprint density at radius 3 is 2.44 bits per heavy atom. The summed E-state index contributed by atoms with van der Waals surface area (Å²) in [7, 11) is -3.73. The minimum atomic E-state index is -3.73. The standard InChI is InChI=1S/C16H14ClFN4O2S/c17-14-9-13(2-3-15(14)18)25(23,24)22-7-5-21(6-8-22)16-4-1-12(10-19)11-20-16/h1-4,9,11H,5-8H2. The molecule has 0 bridgehead atoms. The summed E-state index contributed by atoms with van der Waals surface area (Å²) in [4.78, 5) is 6.14. The highest BCUT2D eigenvalue weighted by Crippen LogP contribution is 2.24. The zero-order valence-electron chi connectivity index (χ0n) is 13.1. The Balaban J connectivity index is 1.72. The van der Waals surface area contributed by atoms with Crippen LogP contribution in [0.5, 0.6) is 0 Å². The quantitative estimate of drug-likeness (QED) is 0.816. The number of hydrogen-bond donors (Lipinski definition) is 0. The number of piperazine rings is 1. The highest BCUT2D eigenvalue weighted by molar-refractivity contribution is 7.89. The van der Waals surface area contributed by atoms with Crippen LogP contribution in [0.2, 0.25) is 5.02 Å². The summed E-state index contributed by atoms with van der Waals surface area (Å²) in [5.74, 6) is 0.0400. The molecule has 2 heterocycles. The van der Waals surface area contributed by atoms with Gasteiger partial charge in [-0.25, -0.2) is 17.8 Å². The van der Waals surface area contributed by atoms with Crippen LogP contribution in [0.15, 0.2) is 41.4 Å². The maximum Gasteiger partial charge on any atom is 0.243 e. The van der Waals surface area contributed by atoms with Gasteiger partial charge in [0.1, 0.15) is 17.7 Å². The molecule has 0 radical (unpaired) electrons. The van der Waals surface area contributed by atoms with Gasteiger partial charge in [0.05, 0.1) is 15.5 Å². The fourth-order valence-electron chi connectivity index (χ4n) is 2.58. The Labute approximate surface area is 150 Å². The van der Waals surface area contributed by atoms with Crippen LogP contribution in [-0.4, -0.2) is 43.9 Å². The van der Waals surface area contributed by atoms with Crippen molar-refractivity contribution in [3.8, 4) is 6.07 Å². The van der Waals surface area contributed by atoms with E-state index in [2.05, 4.69) is 4.98 Å². The molecule has 0 unspecified atom stereocenters. The first kappa shape index (κ1) is 17.6. The van der Waals surface area contributed by atoms with Gasteiger partial charge < -0.3 is 4.90 Å². The fourth-order valence-corrected chi connectivity index (χ4v) is 4.28. The number of benzene rings is 1. The fraction of sp³-hybridized carbons (Fsp3) is 0.250. The number of aromatic nitrogens is 1. The molecule has 1 fully saturated rings. The van der Waals surface area contributed by atoms with Crippen molar-refractivity contribution >= 4 is 27.4 Å². The van der Waals surface area contributed by atoms with E-state index in [0.717, 1.165) is 12.1 Å². The van der Waals surface area contributed by atoms with Gasteiger partial charge in [-0.2, -0.15) is 9.57 Å². The summed E-state index contributed by atoms with van der Waals surface area (Å²) in [6.45, 7) is 1.48. The van der Waals surface area contributed by atoms with Crippen LogP contribution in [0.25, 0.3) is 0 Å². The van der Waals surface area contributed by atoms with Gasteiger partial charge >= 0.3 is 0 Å². The molecule has 0 N–H and O–H groups in total. The molecule has 1 saturated heterocycles. The first-order valence-corrected chi connectivity index (χ1v) is 9.30. The topological polar surface area (TPSA) is 77.3 Å². The van der Waals surface area contributed by atoms with Crippen LogP contribution in [0.3, 0.4) is 0 Å². The van der Waals surface area contributed by atoms with Crippen LogP contribution in [0.1, 0.15) is 5.56 Å². The van der Waals surface area contributed by atoms with Crippen molar-refractivity contribution in [2.75, 3.05) is 31.1 Å². The molecule has 0 spiro atoms. The third-order valence-corrected chi connectivity index (χ3v) is 6.15. The van der Waals surface area contributed by atoms with Crippen LogP contribution >= 0.6 is 11.6 Å². The van der Waals surface area contributed by atoms with Gasteiger partial charge in [0.25, 0.3) is 0 Å². The van der Waals surface area contributed by atoms with Gasteiger partial charge in [0.2, 0.25) is 10.0 Å². The van der Waals surface area contributed by atoms with Crippen molar-refractivity contribution in [2.24, 2.45) is 0 Å². The van der Waals surface area contributed by atoms with Crippen LogP contribution < -0.4 is 4.90 Å². The van der Waals surface area contributed by atoms with Crippen molar-refractivity contribution < 1.29 is 12.8 Å². The third kappa shape index (κ3) is 3.58. The molecule has 0 saturated carbocycles. The van der Waals surface area contributed by atoms with E-state index in [4.69, 9.17) is 16.9 Å². The molecule has 0 amide bonds. The molecule has 1 aliphatic rings. The lowest BCUT2D eigenvalue weighted by molar-refractivity contribution is 0.384. The van der Waals surface area contributed by atoms with E-state index in [0.29, 0.717) is 24.5 Å². The second-order valence-corrected chi connectivity index (χ2v) is 7.83. The average Bonchev–Trinajstić information content (AvgIpc) is 2.64. The lowest BCUT2D eigenvalue weighted by Crippen LogP contribution is -2.48. The SMILES string of the molecule is N#Cc1ccc(N2CCN(S(=O)(=O)c3ccc(F)c(Cl)c3)CC2)nc1. The van der Waals surface area contributed by atoms with Gasteiger partial charge in [0.15, 0.2) is 0 Å². The van der Waals surface area contributed by atoms with E-state index < -0.39 is 15.8 Å². The maximum absolute atomic E-state index is 13.2. The minimum Gasteiger partial charge on any atom is -0.354 e. The minimum absolute atomic E-state index is 0.0242. The molecule has 2 aromatic rings. The average molecular weight is 381 g/mol. The zero-order chi connectivity index (χ0) is 18.0. The van der Waals surface area contributed by atoms with Crippen molar-refractivity contribution in [1.82, 2.24) is 9.29 Å². The molecule has 25 heavy (non-hydrogen) atoms. The van der Waals surface area contributed by atoms with Crippen LogP contribution in [-0.2, 0) is 10.0 Å². The Kier molecular flexibility index (Phi) is 4.90. The lowest BCUT2D eigenvalue weighted by atomic mass is 10.3. The maximum atomic E-state index is 13.2. The molecule has 1 aromatic heterocycles. The number of sulfonamides is 1. The van der Waals surface area contributed by atoms with Crippen molar-refractivity contribution in [3.63, 3.8) is 0 Å². The summed E-state index contributed by atoms with van der Waals surface area (Å²) >= 11 is 5.69. The predicted molar refractivity (Wildman–Crippen MR) is 91.3 cm³/mol. The molecule has 0 aliphatic carbocycles. The normalized spacial score (nSPS) is 15.8. The first-order valence-electron chi connectivity index (χ1n) is 7.48. The predicted octanol–water partition coefficient (Wildman–Crippen LogP) is 2.26. The number of halogens is 2. The first-order chi connectivity index (χ1) is 11.9. The lowest BCUT2D eigenvalue weighted by Gasteiger charge is -2.34. The van der Waals surface area contributed by atoms with E-state index >= 15 is 0 Å². The molecule has 3 rings (SSSR count). The highest BCUT2D eigenvalue weighted by atomic mass is 35.5. The number of hydrogen-bond acceptors (Lipinski definition) is 5. The van der Waals surface area contributed by atoms with E-state index in [9.17, 15) is 12.8 Å². The van der Waals surface area contributed by atoms with Gasteiger partial charge in [0, 0.05) is 32.4 Å². The van der Waals surface area contributed by atoms with Crippen LogP contribution in [0, 0.1) is 17.1 Å². The van der Waals surface area contributed by atoms with E-state index in [1.807, 2.05) is 11.0 Å². The summed E-state index contributed by atoms with van der Waals surface area (Å²) < 4.78 is 39.9. The second-order valence-electron chi connectivity index (χ2n) is 5.48. The second kappa shape index (κ2) is 6.96. The number of rotatable bonds is 3. The number of pyridine rings is 1. The smallest absolute Gasteiger partial charge is 0.243 e. The molecule has 1 aliphatic heterocycles. The van der Waals surface area contributed by atoms with Crippen molar-refractivity contribution in [1.29, 1.82) is 5.26 Å². The Bertz CT molecular complexity index is 920. The van der Waals surface area contributed by atoms with E-state index in [1.165, 1.54) is 16.6 Å². The molecule has 9 heteroatoms. The summed E-state index contributed by atoms with van der Waals surface area (Å²) in [6, 6.07) is 8.80. The van der Waals surface area contributed by atoms with Gasteiger partial charge in [-0.3, -0.25) is 0 Å². The summed E-state index contributed by atoms with van der Waals surface area (Å²) in [5.41, 5.74) is 0.471. The number of nitrogens with zero attached hydrogens (tertiary/aromatic N) is 4. The molecular weight excluding hydrogens is 367 g/mol. The largest absolute Gasteiger partial charge is 0.354 e. The van der Waals surface area contributed by atoms with E-state index in [-0.39, 0.29) is 23.0 Å². The zero-order valence-corrected chi connectivity index (χ0v) is 14.6. The van der Waals surface area contributed by atoms with Gasteiger partial charge in [-0.1, -0.05) is 11.6 Å². The highest BCUT2D eigenvalue weighted by Gasteiger charge is 2.29. The Hall–Kier alpha value is -2.21. The number of nitriles is 1. The monoisotopic (exact) mass is 380 g/mol. The molecular formula is C16H14ClFN4O2S. The summed E-state index contributed by atoms with van der Waals surface area (Å²) in [5, 5.41) is 8.58. The summed E-state index contributed by atoms with van der Waals surface area (Å²) in [6.07, 6.45) is 1.49.